The summed E-state index contributed by atoms with van der Waals surface area (Å²) in [6.45, 7) is 2.19. The highest BCUT2D eigenvalue weighted by atomic mass is 79.9. The summed E-state index contributed by atoms with van der Waals surface area (Å²) in [5.41, 5.74) is 0. The number of morpholine rings is 1. The van der Waals surface area contributed by atoms with Crippen LogP contribution < -0.4 is 0 Å². The second kappa shape index (κ2) is 6.26. The number of thioether (sulfide) groups is 1. The zero-order chi connectivity index (χ0) is 11.4. The average Bonchev–Trinajstić information content (AvgIpc) is 2.39. The van der Waals surface area contributed by atoms with Gasteiger partial charge in [-0.2, -0.15) is 0 Å². The Morgan fingerprint density at radius 3 is 3.06 bits per heavy atom. The van der Waals surface area contributed by atoms with Crippen molar-refractivity contribution >= 4 is 33.6 Å². The van der Waals surface area contributed by atoms with Crippen molar-refractivity contribution in [1.82, 2.24) is 4.90 Å². The maximum atomic E-state index is 12.2. The molecular formula is C11H18BrNO2S. The Kier molecular flexibility index (Phi) is 4.97. The van der Waals surface area contributed by atoms with E-state index in [1.54, 1.807) is 0 Å². The Labute approximate surface area is 109 Å². The van der Waals surface area contributed by atoms with Crippen LogP contribution in [0.5, 0.6) is 0 Å². The van der Waals surface area contributed by atoms with Crippen molar-refractivity contribution in [2.75, 3.05) is 30.8 Å². The van der Waals surface area contributed by atoms with E-state index in [1.165, 1.54) is 12.8 Å². The fraction of sp³-hybridized carbons (Fsp3) is 0.909. The van der Waals surface area contributed by atoms with Crippen LogP contribution in [0.4, 0.5) is 0 Å². The number of alkyl halides is 1. The van der Waals surface area contributed by atoms with Crippen molar-refractivity contribution in [3.63, 3.8) is 0 Å². The Balaban J connectivity index is 1.87. The smallest absolute Gasteiger partial charge is 0.235 e. The molecule has 2 atom stereocenters. The number of ether oxygens (including phenoxy) is 1. The summed E-state index contributed by atoms with van der Waals surface area (Å²) in [4.78, 5) is 14.2. The van der Waals surface area contributed by atoms with Gasteiger partial charge >= 0.3 is 0 Å². The van der Waals surface area contributed by atoms with Crippen LogP contribution in [0.15, 0.2) is 0 Å². The molecule has 2 unspecified atom stereocenters. The van der Waals surface area contributed by atoms with E-state index < -0.39 is 0 Å². The topological polar surface area (TPSA) is 29.5 Å². The summed E-state index contributed by atoms with van der Waals surface area (Å²) in [6.07, 6.45) is 3.70. The number of hydrogen-bond acceptors (Lipinski definition) is 3. The standard InChI is InChI=1S/C11H18BrNO2S/c12-7-9-8-13(4-5-15-9)11(14)10-3-1-2-6-16-10/h9-10H,1-8H2. The van der Waals surface area contributed by atoms with E-state index in [4.69, 9.17) is 4.74 Å². The van der Waals surface area contributed by atoms with E-state index in [2.05, 4.69) is 15.9 Å². The number of carbonyl (C=O) groups excluding carboxylic acids is 1. The molecule has 0 radical (unpaired) electrons. The van der Waals surface area contributed by atoms with E-state index in [0.717, 1.165) is 30.6 Å². The minimum Gasteiger partial charge on any atom is -0.374 e. The molecule has 2 heterocycles. The van der Waals surface area contributed by atoms with Crippen molar-refractivity contribution < 1.29 is 9.53 Å². The average molecular weight is 308 g/mol. The second-order valence-electron chi connectivity index (χ2n) is 4.29. The van der Waals surface area contributed by atoms with Gasteiger partial charge in [0.05, 0.1) is 18.0 Å². The van der Waals surface area contributed by atoms with Gasteiger partial charge in [0.1, 0.15) is 0 Å². The number of carbonyl (C=O) groups is 1. The molecule has 3 nitrogen and oxygen atoms in total. The zero-order valence-corrected chi connectivity index (χ0v) is 11.8. The predicted octanol–water partition coefficient (Wildman–Crippen LogP) is 1.89. The largest absolute Gasteiger partial charge is 0.374 e. The third-order valence-electron chi connectivity index (χ3n) is 3.08. The summed E-state index contributed by atoms with van der Waals surface area (Å²) >= 11 is 5.25. The summed E-state index contributed by atoms with van der Waals surface area (Å²) < 4.78 is 5.55. The third-order valence-corrected chi connectivity index (χ3v) is 5.16. The second-order valence-corrected chi connectivity index (χ2v) is 6.24. The summed E-state index contributed by atoms with van der Waals surface area (Å²) in [6, 6.07) is 0. The van der Waals surface area contributed by atoms with Gasteiger partial charge < -0.3 is 9.64 Å². The van der Waals surface area contributed by atoms with E-state index in [1.807, 2.05) is 16.7 Å². The van der Waals surface area contributed by atoms with E-state index in [9.17, 15) is 4.79 Å². The Hall–Kier alpha value is 0.260. The van der Waals surface area contributed by atoms with Gasteiger partial charge in [0.2, 0.25) is 5.91 Å². The molecule has 2 aliphatic heterocycles. The normalized spacial score (nSPS) is 31.4. The zero-order valence-electron chi connectivity index (χ0n) is 9.36. The lowest BCUT2D eigenvalue weighted by Gasteiger charge is -2.35. The fourth-order valence-corrected chi connectivity index (χ4v) is 3.82. The van der Waals surface area contributed by atoms with Crippen molar-refractivity contribution in [2.24, 2.45) is 0 Å². The van der Waals surface area contributed by atoms with E-state index >= 15 is 0 Å². The quantitative estimate of drug-likeness (QED) is 0.730. The lowest BCUT2D eigenvalue weighted by molar-refractivity contribution is -0.137. The Morgan fingerprint density at radius 2 is 2.38 bits per heavy atom. The van der Waals surface area contributed by atoms with Gasteiger partial charge in [-0.1, -0.05) is 22.4 Å². The first-order valence-corrected chi connectivity index (χ1v) is 8.06. The summed E-state index contributed by atoms with van der Waals surface area (Å²) in [5, 5.41) is 1.03. The number of rotatable bonds is 2. The predicted molar refractivity (Wildman–Crippen MR) is 70.2 cm³/mol. The molecule has 0 aliphatic carbocycles. The third kappa shape index (κ3) is 3.14. The molecule has 0 bridgehead atoms. The van der Waals surface area contributed by atoms with Crippen LogP contribution in [-0.4, -0.2) is 52.9 Å². The van der Waals surface area contributed by atoms with Gasteiger partial charge in [-0.25, -0.2) is 0 Å². The van der Waals surface area contributed by atoms with Crippen molar-refractivity contribution in [2.45, 2.75) is 30.6 Å². The first-order chi connectivity index (χ1) is 7.81. The Bertz CT molecular complexity index is 246. The number of hydrogen-bond donors (Lipinski definition) is 0. The molecule has 0 aromatic heterocycles. The van der Waals surface area contributed by atoms with Gasteiger partial charge in [-0.05, 0) is 18.6 Å². The van der Waals surface area contributed by atoms with Crippen LogP contribution in [0.3, 0.4) is 0 Å². The maximum absolute atomic E-state index is 12.2. The number of halogens is 1. The molecule has 0 aromatic carbocycles. The van der Waals surface area contributed by atoms with Gasteiger partial charge in [-0.15, -0.1) is 11.8 Å². The molecular weight excluding hydrogens is 290 g/mol. The lowest BCUT2D eigenvalue weighted by atomic mass is 10.1. The van der Waals surface area contributed by atoms with Crippen LogP contribution in [0.1, 0.15) is 19.3 Å². The van der Waals surface area contributed by atoms with Gasteiger partial charge in [0.15, 0.2) is 0 Å². The van der Waals surface area contributed by atoms with Crippen LogP contribution in [0.25, 0.3) is 0 Å². The molecule has 92 valence electrons. The van der Waals surface area contributed by atoms with Crippen molar-refractivity contribution in [3.05, 3.63) is 0 Å². The van der Waals surface area contributed by atoms with Crippen LogP contribution in [-0.2, 0) is 9.53 Å². The maximum Gasteiger partial charge on any atom is 0.235 e. The van der Waals surface area contributed by atoms with Crippen LogP contribution in [0, 0.1) is 0 Å². The van der Waals surface area contributed by atoms with Gasteiger partial charge in [0, 0.05) is 18.4 Å². The number of nitrogens with zero attached hydrogens (tertiary/aromatic N) is 1. The highest BCUT2D eigenvalue weighted by molar-refractivity contribution is 9.09. The molecule has 2 fully saturated rings. The molecule has 5 heteroatoms. The van der Waals surface area contributed by atoms with Crippen molar-refractivity contribution in [1.29, 1.82) is 0 Å². The van der Waals surface area contributed by atoms with Crippen molar-refractivity contribution in [3.8, 4) is 0 Å². The van der Waals surface area contributed by atoms with Crippen LogP contribution in [0.2, 0.25) is 0 Å². The van der Waals surface area contributed by atoms with E-state index in [0.29, 0.717) is 12.5 Å². The van der Waals surface area contributed by atoms with Gasteiger partial charge in [-0.3, -0.25) is 4.79 Å². The molecule has 0 aromatic rings. The van der Waals surface area contributed by atoms with E-state index in [-0.39, 0.29) is 11.4 Å². The molecule has 0 spiro atoms. The molecule has 0 saturated carbocycles. The SMILES string of the molecule is O=C(C1CCCCS1)N1CCOC(CBr)C1. The highest BCUT2D eigenvalue weighted by Crippen LogP contribution is 2.27. The molecule has 2 aliphatic rings. The first-order valence-electron chi connectivity index (χ1n) is 5.89. The molecule has 0 N–H and O–H groups in total. The molecule has 1 amide bonds. The summed E-state index contributed by atoms with van der Waals surface area (Å²) in [5.74, 6) is 1.47. The Morgan fingerprint density at radius 1 is 1.50 bits per heavy atom. The highest BCUT2D eigenvalue weighted by Gasteiger charge is 2.30. The monoisotopic (exact) mass is 307 g/mol. The molecule has 16 heavy (non-hydrogen) atoms. The van der Waals surface area contributed by atoms with Crippen LogP contribution >= 0.6 is 27.7 Å². The summed E-state index contributed by atoms with van der Waals surface area (Å²) in [7, 11) is 0. The minimum absolute atomic E-state index is 0.172. The van der Waals surface area contributed by atoms with Gasteiger partial charge in [0.25, 0.3) is 0 Å². The minimum atomic E-state index is 0.172. The first kappa shape index (κ1) is 12.7. The molecule has 2 saturated heterocycles. The lowest BCUT2D eigenvalue weighted by Crippen LogP contribution is -2.49. The number of amides is 1. The fourth-order valence-electron chi connectivity index (χ4n) is 2.15. The molecule has 2 rings (SSSR count).